The van der Waals surface area contributed by atoms with E-state index in [0.717, 1.165) is 12.1 Å². The fourth-order valence-corrected chi connectivity index (χ4v) is 3.32. The Labute approximate surface area is 97.3 Å². The minimum atomic E-state index is 0.579. The van der Waals surface area contributed by atoms with E-state index in [-0.39, 0.29) is 0 Å². The van der Waals surface area contributed by atoms with Gasteiger partial charge >= 0.3 is 0 Å². The molecule has 2 aliphatic rings. The Bertz CT molecular complexity index is 357. The maximum atomic E-state index is 4.33. The van der Waals surface area contributed by atoms with Gasteiger partial charge in [-0.2, -0.15) is 0 Å². The van der Waals surface area contributed by atoms with Gasteiger partial charge in [0, 0.05) is 30.0 Å². The third kappa shape index (κ3) is 1.67. The number of aromatic nitrogens is 2. The van der Waals surface area contributed by atoms with Crippen molar-refractivity contribution in [2.45, 2.75) is 63.6 Å². The fourth-order valence-electron chi connectivity index (χ4n) is 3.32. The van der Waals surface area contributed by atoms with E-state index >= 15 is 0 Å². The van der Waals surface area contributed by atoms with Crippen LogP contribution in [0, 0.1) is 0 Å². The standard InChI is InChI=1S/C13H21N3/c1-9(2)13-7-14-8-16(13)12-5-10-3-4-11(6-12)15-10/h7-12,15H,3-6H2,1-2H3. The van der Waals surface area contributed by atoms with Crippen molar-refractivity contribution in [3.63, 3.8) is 0 Å². The Morgan fingerprint density at radius 2 is 2.00 bits per heavy atom. The van der Waals surface area contributed by atoms with Gasteiger partial charge in [-0.3, -0.25) is 0 Å². The molecule has 0 aliphatic carbocycles. The molecular weight excluding hydrogens is 198 g/mol. The summed E-state index contributed by atoms with van der Waals surface area (Å²) in [6, 6.07) is 2.19. The molecule has 88 valence electrons. The number of rotatable bonds is 2. The Balaban J connectivity index is 1.84. The van der Waals surface area contributed by atoms with E-state index in [4.69, 9.17) is 0 Å². The van der Waals surface area contributed by atoms with Gasteiger partial charge in [-0.1, -0.05) is 13.8 Å². The molecule has 2 aliphatic heterocycles. The largest absolute Gasteiger partial charge is 0.331 e. The third-order valence-corrected chi connectivity index (χ3v) is 4.13. The van der Waals surface area contributed by atoms with Crippen LogP contribution < -0.4 is 5.32 Å². The van der Waals surface area contributed by atoms with E-state index < -0.39 is 0 Å². The Morgan fingerprint density at radius 1 is 1.31 bits per heavy atom. The van der Waals surface area contributed by atoms with Crippen molar-refractivity contribution in [3.8, 4) is 0 Å². The molecule has 3 nitrogen and oxygen atoms in total. The second kappa shape index (κ2) is 3.88. The van der Waals surface area contributed by atoms with Crippen molar-refractivity contribution in [3.05, 3.63) is 18.2 Å². The van der Waals surface area contributed by atoms with E-state index in [1.54, 1.807) is 0 Å². The summed E-state index contributed by atoms with van der Waals surface area (Å²) in [7, 11) is 0. The zero-order valence-corrected chi connectivity index (χ0v) is 10.2. The van der Waals surface area contributed by atoms with Gasteiger partial charge in [0.05, 0.1) is 6.33 Å². The first kappa shape index (κ1) is 10.3. The highest BCUT2D eigenvalue weighted by atomic mass is 15.1. The Hall–Kier alpha value is -0.830. The first-order valence-electron chi connectivity index (χ1n) is 6.52. The van der Waals surface area contributed by atoms with Crippen LogP contribution in [0.3, 0.4) is 0 Å². The van der Waals surface area contributed by atoms with Gasteiger partial charge in [-0.25, -0.2) is 4.98 Å². The van der Waals surface area contributed by atoms with Gasteiger partial charge in [0.15, 0.2) is 0 Å². The van der Waals surface area contributed by atoms with E-state index in [9.17, 15) is 0 Å². The summed E-state index contributed by atoms with van der Waals surface area (Å²) in [6.45, 7) is 4.51. The maximum absolute atomic E-state index is 4.33. The molecule has 3 rings (SSSR count). The van der Waals surface area contributed by atoms with Crippen LogP contribution >= 0.6 is 0 Å². The van der Waals surface area contributed by atoms with Crippen LogP contribution in [0.4, 0.5) is 0 Å². The van der Waals surface area contributed by atoms with Crippen molar-refractivity contribution in [1.82, 2.24) is 14.9 Å². The van der Waals surface area contributed by atoms with E-state index in [1.165, 1.54) is 31.4 Å². The summed E-state index contributed by atoms with van der Waals surface area (Å²) in [4.78, 5) is 4.33. The van der Waals surface area contributed by atoms with Gasteiger partial charge in [0.2, 0.25) is 0 Å². The van der Waals surface area contributed by atoms with Crippen LogP contribution in [0.1, 0.15) is 57.2 Å². The predicted molar refractivity (Wildman–Crippen MR) is 64.5 cm³/mol. The molecule has 2 atom stereocenters. The molecule has 3 heteroatoms. The van der Waals surface area contributed by atoms with Crippen molar-refractivity contribution in [1.29, 1.82) is 0 Å². The molecule has 2 fully saturated rings. The van der Waals surface area contributed by atoms with E-state index in [0.29, 0.717) is 12.0 Å². The molecule has 3 heterocycles. The number of nitrogens with one attached hydrogen (secondary N) is 1. The normalized spacial score (nSPS) is 33.6. The SMILES string of the molecule is CC(C)c1cncn1C1CC2CCC(C1)N2. The third-order valence-electron chi connectivity index (χ3n) is 4.13. The van der Waals surface area contributed by atoms with Gasteiger partial charge < -0.3 is 9.88 Å². The number of nitrogens with zero attached hydrogens (tertiary/aromatic N) is 2. The zero-order chi connectivity index (χ0) is 11.1. The average Bonchev–Trinajstić information content (AvgIpc) is 2.85. The van der Waals surface area contributed by atoms with Crippen LogP contribution in [0.5, 0.6) is 0 Å². The lowest BCUT2D eigenvalue weighted by atomic mass is 9.98. The van der Waals surface area contributed by atoms with Crippen LogP contribution in [0.25, 0.3) is 0 Å². The topological polar surface area (TPSA) is 29.9 Å². The summed E-state index contributed by atoms with van der Waals surface area (Å²) in [6.07, 6.45) is 9.37. The van der Waals surface area contributed by atoms with Gasteiger partial charge in [-0.15, -0.1) is 0 Å². The van der Waals surface area contributed by atoms with Crippen LogP contribution in [-0.4, -0.2) is 21.6 Å². The lowest BCUT2D eigenvalue weighted by molar-refractivity contribution is 0.292. The van der Waals surface area contributed by atoms with Crippen molar-refractivity contribution >= 4 is 0 Å². The number of fused-ring (bicyclic) bond motifs is 2. The van der Waals surface area contributed by atoms with Crippen LogP contribution in [0.15, 0.2) is 12.5 Å². The summed E-state index contributed by atoms with van der Waals surface area (Å²) in [5, 5.41) is 3.70. The first-order chi connectivity index (χ1) is 7.74. The van der Waals surface area contributed by atoms with Crippen LogP contribution in [-0.2, 0) is 0 Å². The molecule has 2 saturated heterocycles. The second-order valence-corrected chi connectivity index (χ2v) is 5.64. The van der Waals surface area contributed by atoms with Crippen molar-refractivity contribution in [2.24, 2.45) is 0 Å². The molecule has 1 aromatic rings. The predicted octanol–water partition coefficient (Wildman–Crippen LogP) is 2.46. The van der Waals surface area contributed by atoms with Gasteiger partial charge in [0.25, 0.3) is 0 Å². The molecule has 16 heavy (non-hydrogen) atoms. The quantitative estimate of drug-likeness (QED) is 0.828. The van der Waals surface area contributed by atoms with E-state index in [2.05, 4.69) is 28.7 Å². The second-order valence-electron chi connectivity index (χ2n) is 5.64. The monoisotopic (exact) mass is 219 g/mol. The summed E-state index contributed by atoms with van der Waals surface area (Å²) in [5.74, 6) is 0.579. The minimum Gasteiger partial charge on any atom is -0.331 e. The van der Waals surface area contributed by atoms with Gasteiger partial charge in [0.1, 0.15) is 0 Å². The highest BCUT2D eigenvalue weighted by Gasteiger charge is 2.34. The van der Waals surface area contributed by atoms with Crippen molar-refractivity contribution < 1.29 is 0 Å². The molecular formula is C13H21N3. The fraction of sp³-hybridized carbons (Fsp3) is 0.769. The molecule has 1 N–H and O–H groups in total. The summed E-state index contributed by atoms with van der Waals surface area (Å²) >= 11 is 0. The lowest BCUT2D eigenvalue weighted by Gasteiger charge is -2.31. The highest BCUT2D eigenvalue weighted by Crippen LogP contribution is 2.35. The molecule has 0 spiro atoms. The van der Waals surface area contributed by atoms with E-state index in [1.807, 2.05) is 12.5 Å². The number of hydrogen-bond donors (Lipinski definition) is 1. The molecule has 2 unspecified atom stereocenters. The minimum absolute atomic E-state index is 0.579. The number of imidazole rings is 1. The number of hydrogen-bond acceptors (Lipinski definition) is 2. The van der Waals surface area contributed by atoms with Crippen LogP contribution in [0.2, 0.25) is 0 Å². The molecule has 2 bridgehead atoms. The molecule has 0 radical (unpaired) electrons. The summed E-state index contributed by atoms with van der Waals surface area (Å²) in [5.41, 5.74) is 1.39. The molecule has 0 amide bonds. The molecule has 1 aromatic heterocycles. The number of piperidine rings is 1. The smallest absolute Gasteiger partial charge is 0.0950 e. The average molecular weight is 219 g/mol. The summed E-state index contributed by atoms with van der Waals surface area (Å²) < 4.78 is 2.43. The Morgan fingerprint density at radius 3 is 2.62 bits per heavy atom. The van der Waals surface area contributed by atoms with Gasteiger partial charge in [-0.05, 0) is 31.6 Å². The molecule has 0 aromatic carbocycles. The Kier molecular flexibility index (Phi) is 2.51. The zero-order valence-electron chi connectivity index (χ0n) is 10.2. The van der Waals surface area contributed by atoms with Crippen molar-refractivity contribution in [2.75, 3.05) is 0 Å². The first-order valence-corrected chi connectivity index (χ1v) is 6.52. The highest BCUT2D eigenvalue weighted by molar-refractivity contribution is 5.07. The maximum Gasteiger partial charge on any atom is 0.0950 e. The lowest BCUT2D eigenvalue weighted by Crippen LogP contribution is -2.39. The molecule has 0 saturated carbocycles.